The molecule has 2 heterocycles. The van der Waals surface area contributed by atoms with E-state index in [1.165, 1.54) is 12.3 Å². The minimum atomic E-state index is -0.623. The number of hydrogen-bond acceptors (Lipinski definition) is 6. The first-order valence-electron chi connectivity index (χ1n) is 10.1. The summed E-state index contributed by atoms with van der Waals surface area (Å²) in [4.78, 5) is 42.6. The molecule has 30 heavy (non-hydrogen) atoms. The second-order valence-electron chi connectivity index (χ2n) is 9.22. The summed E-state index contributed by atoms with van der Waals surface area (Å²) in [6, 6.07) is 3.07. The highest BCUT2D eigenvalue weighted by Crippen LogP contribution is 2.19. The fourth-order valence-electron chi connectivity index (χ4n) is 2.87. The van der Waals surface area contributed by atoms with Crippen LogP contribution in [0.25, 0.3) is 0 Å². The number of carbonyl (C=O) groups excluding carboxylic acids is 3. The Kier molecular flexibility index (Phi) is 7.28. The SMILES string of the molecule is CC(C)(C)OC(=O)Nc1ccc(C(=O)NC2CCCCN2C(=O)OC(C)(C)C)cn1. The fraction of sp³-hybridized carbons (Fsp3) is 0.619. The van der Waals surface area contributed by atoms with Crippen molar-refractivity contribution in [1.82, 2.24) is 15.2 Å². The zero-order valence-corrected chi connectivity index (χ0v) is 18.6. The number of hydrogen-bond donors (Lipinski definition) is 2. The van der Waals surface area contributed by atoms with E-state index in [1.807, 2.05) is 0 Å². The summed E-state index contributed by atoms with van der Waals surface area (Å²) in [5.41, 5.74) is -0.909. The molecule has 9 heteroatoms. The quantitative estimate of drug-likeness (QED) is 0.767. The monoisotopic (exact) mass is 420 g/mol. The third-order valence-electron chi connectivity index (χ3n) is 4.08. The van der Waals surface area contributed by atoms with Gasteiger partial charge in [0.15, 0.2) is 0 Å². The lowest BCUT2D eigenvalue weighted by atomic mass is 10.1. The Hall–Kier alpha value is -2.84. The Morgan fingerprint density at radius 3 is 2.27 bits per heavy atom. The number of piperidine rings is 1. The van der Waals surface area contributed by atoms with Gasteiger partial charge in [0, 0.05) is 12.7 Å². The Labute approximate surface area is 177 Å². The third kappa shape index (κ3) is 7.53. The number of pyridine rings is 1. The zero-order chi connectivity index (χ0) is 22.5. The summed E-state index contributed by atoms with van der Waals surface area (Å²) in [7, 11) is 0. The first-order valence-corrected chi connectivity index (χ1v) is 10.1. The van der Waals surface area contributed by atoms with E-state index in [-0.39, 0.29) is 11.7 Å². The van der Waals surface area contributed by atoms with Crippen molar-refractivity contribution in [3.05, 3.63) is 23.9 Å². The van der Waals surface area contributed by atoms with E-state index in [2.05, 4.69) is 15.6 Å². The fourth-order valence-corrected chi connectivity index (χ4v) is 2.87. The molecule has 1 aliphatic rings. The van der Waals surface area contributed by atoms with Crippen LogP contribution in [-0.4, -0.2) is 51.9 Å². The molecule has 0 saturated carbocycles. The van der Waals surface area contributed by atoms with E-state index in [9.17, 15) is 14.4 Å². The molecule has 1 unspecified atom stereocenters. The lowest BCUT2D eigenvalue weighted by molar-refractivity contribution is 0.00600. The Morgan fingerprint density at radius 2 is 1.70 bits per heavy atom. The molecule has 0 aromatic carbocycles. The zero-order valence-electron chi connectivity index (χ0n) is 18.6. The summed E-state index contributed by atoms with van der Waals surface area (Å²) >= 11 is 0. The van der Waals surface area contributed by atoms with Crippen LogP contribution < -0.4 is 10.6 Å². The molecule has 0 bridgehead atoms. The molecule has 1 aromatic heterocycles. The van der Waals surface area contributed by atoms with Crippen molar-refractivity contribution < 1.29 is 23.9 Å². The van der Waals surface area contributed by atoms with Crippen LogP contribution in [0.1, 0.15) is 71.2 Å². The maximum atomic E-state index is 12.6. The molecule has 0 spiro atoms. The molecule has 1 fully saturated rings. The van der Waals surface area contributed by atoms with Crippen molar-refractivity contribution >= 4 is 23.9 Å². The minimum absolute atomic E-state index is 0.272. The number of nitrogens with one attached hydrogen (secondary N) is 2. The van der Waals surface area contributed by atoms with Gasteiger partial charge in [0.05, 0.1) is 5.56 Å². The van der Waals surface area contributed by atoms with Gasteiger partial charge in [-0.05, 0) is 72.9 Å². The largest absolute Gasteiger partial charge is 0.444 e. The second-order valence-corrected chi connectivity index (χ2v) is 9.22. The smallest absolute Gasteiger partial charge is 0.413 e. The summed E-state index contributed by atoms with van der Waals surface area (Å²) in [6.45, 7) is 11.2. The van der Waals surface area contributed by atoms with Crippen LogP contribution in [0.4, 0.5) is 15.4 Å². The van der Waals surface area contributed by atoms with Gasteiger partial charge in [0.2, 0.25) is 0 Å². The molecule has 9 nitrogen and oxygen atoms in total. The minimum Gasteiger partial charge on any atom is -0.444 e. The average Bonchev–Trinajstić information content (AvgIpc) is 2.59. The number of amides is 3. The van der Waals surface area contributed by atoms with E-state index in [0.29, 0.717) is 18.5 Å². The maximum Gasteiger partial charge on any atom is 0.413 e. The van der Waals surface area contributed by atoms with Gasteiger partial charge < -0.3 is 14.8 Å². The maximum absolute atomic E-state index is 12.6. The van der Waals surface area contributed by atoms with Crippen molar-refractivity contribution in [2.24, 2.45) is 0 Å². The van der Waals surface area contributed by atoms with Crippen LogP contribution in [0.5, 0.6) is 0 Å². The highest BCUT2D eigenvalue weighted by molar-refractivity contribution is 5.94. The topological polar surface area (TPSA) is 110 Å². The molecule has 2 rings (SSSR count). The van der Waals surface area contributed by atoms with Crippen LogP contribution in [0.15, 0.2) is 18.3 Å². The summed E-state index contributed by atoms with van der Waals surface area (Å²) in [5.74, 6) is -0.0828. The molecule has 3 amide bonds. The van der Waals surface area contributed by atoms with Crippen LogP contribution >= 0.6 is 0 Å². The first kappa shape index (κ1) is 23.4. The highest BCUT2D eigenvalue weighted by Gasteiger charge is 2.31. The number of aromatic nitrogens is 1. The molecular formula is C21H32N4O5. The van der Waals surface area contributed by atoms with Crippen molar-refractivity contribution in [3.8, 4) is 0 Å². The van der Waals surface area contributed by atoms with Crippen LogP contribution in [-0.2, 0) is 9.47 Å². The molecule has 0 radical (unpaired) electrons. The second kappa shape index (κ2) is 9.32. The molecule has 166 valence electrons. The van der Waals surface area contributed by atoms with E-state index in [4.69, 9.17) is 9.47 Å². The van der Waals surface area contributed by atoms with Crippen molar-refractivity contribution in [3.63, 3.8) is 0 Å². The van der Waals surface area contributed by atoms with E-state index in [0.717, 1.165) is 12.8 Å². The molecule has 1 saturated heterocycles. The Balaban J connectivity index is 1.98. The predicted molar refractivity (Wildman–Crippen MR) is 112 cm³/mol. The first-order chi connectivity index (χ1) is 13.8. The van der Waals surface area contributed by atoms with Crippen molar-refractivity contribution in [1.29, 1.82) is 0 Å². The number of nitrogens with zero attached hydrogens (tertiary/aromatic N) is 2. The highest BCUT2D eigenvalue weighted by atomic mass is 16.6. The van der Waals surface area contributed by atoms with Crippen LogP contribution in [0.3, 0.4) is 0 Å². The van der Waals surface area contributed by atoms with Gasteiger partial charge in [-0.15, -0.1) is 0 Å². The van der Waals surface area contributed by atoms with Gasteiger partial charge in [-0.1, -0.05) is 0 Å². The summed E-state index contributed by atoms with van der Waals surface area (Å²) in [5, 5.41) is 5.39. The van der Waals surface area contributed by atoms with E-state index in [1.54, 1.807) is 52.5 Å². The lowest BCUT2D eigenvalue weighted by Gasteiger charge is -2.37. The number of carbonyl (C=O) groups is 3. The average molecular weight is 421 g/mol. The summed E-state index contributed by atoms with van der Waals surface area (Å²) < 4.78 is 10.6. The van der Waals surface area contributed by atoms with Crippen LogP contribution in [0.2, 0.25) is 0 Å². The molecule has 1 aromatic rings. The standard InChI is InChI=1S/C21H32N4O5/c1-20(2,3)29-18(27)23-15-11-10-14(13-22-15)17(26)24-16-9-7-8-12-25(16)19(28)30-21(4,5)6/h10-11,13,16H,7-9,12H2,1-6H3,(H,24,26)(H,22,23,27). The lowest BCUT2D eigenvalue weighted by Crippen LogP contribution is -2.54. The van der Waals surface area contributed by atoms with Gasteiger partial charge >= 0.3 is 12.2 Å². The normalized spacial score (nSPS) is 17.1. The van der Waals surface area contributed by atoms with Crippen molar-refractivity contribution in [2.45, 2.75) is 78.2 Å². The Morgan fingerprint density at radius 1 is 1.03 bits per heavy atom. The number of rotatable bonds is 3. The van der Waals surface area contributed by atoms with Crippen molar-refractivity contribution in [2.75, 3.05) is 11.9 Å². The Bertz CT molecular complexity index is 765. The third-order valence-corrected chi connectivity index (χ3v) is 4.08. The van der Waals surface area contributed by atoms with Gasteiger partial charge in [-0.2, -0.15) is 0 Å². The van der Waals surface area contributed by atoms with Gasteiger partial charge in [-0.3, -0.25) is 15.0 Å². The van der Waals surface area contributed by atoms with Gasteiger partial charge in [0.25, 0.3) is 5.91 Å². The molecule has 0 aliphatic carbocycles. The van der Waals surface area contributed by atoms with Gasteiger partial charge in [0.1, 0.15) is 23.2 Å². The van der Waals surface area contributed by atoms with E-state index < -0.39 is 29.6 Å². The number of ether oxygens (including phenoxy) is 2. The predicted octanol–water partition coefficient (Wildman–Crippen LogP) is 3.91. The number of anilines is 1. The summed E-state index contributed by atoms with van der Waals surface area (Å²) in [6.07, 6.45) is 2.27. The molecule has 1 aliphatic heterocycles. The number of likely N-dealkylation sites (tertiary alicyclic amines) is 1. The molecular weight excluding hydrogens is 388 g/mol. The molecule has 1 atom stereocenters. The van der Waals surface area contributed by atoms with Gasteiger partial charge in [-0.25, -0.2) is 14.6 Å². The van der Waals surface area contributed by atoms with E-state index >= 15 is 0 Å². The molecule has 2 N–H and O–H groups in total. The van der Waals surface area contributed by atoms with Crippen LogP contribution in [0, 0.1) is 0 Å².